The maximum Gasteiger partial charge on any atom is 0.321 e. The Hall–Kier alpha value is -3.23. The summed E-state index contributed by atoms with van der Waals surface area (Å²) in [4.78, 5) is 15.2. The van der Waals surface area contributed by atoms with Crippen molar-refractivity contribution in [1.82, 2.24) is 4.72 Å². The minimum Gasteiger partial charge on any atom is -0.480 e. The summed E-state index contributed by atoms with van der Waals surface area (Å²) in [6.07, 6.45) is 0.395. The van der Waals surface area contributed by atoms with E-state index in [1.165, 1.54) is 12.1 Å². The van der Waals surface area contributed by atoms with Crippen molar-refractivity contribution in [3.8, 4) is 0 Å². The first kappa shape index (κ1) is 22.8. The Bertz CT molecular complexity index is 984. The molecule has 28 heavy (non-hydrogen) atoms. The van der Waals surface area contributed by atoms with E-state index in [1.54, 1.807) is 6.07 Å². The summed E-state index contributed by atoms with van der Waals surface area (Å²) in [5.41, 5.74) is 11.4. The summed E-state index contributed by atoms with van der Waals surface area (Å²) >= 11 is 0. The maximum atomic E-state index is 12.6. The third kappa shape index (κ3) is 6.49. The van der Waals surface area contributed by atoms with Crippen LogP contribution in [0.2, 0.25) is 0 Å². The first-order valence-electron chi connectivity index (χ1n) is 8.20. The van der Waals surface area contributed by atoms with Crippen molar-refractivity contribution in [3.63, 3.8) is 0 Å². The lowest BCUT2D eigenvalue weighted by molar-refractivity contribution is -0.139. The van der Waals surface area contributed by atoms with E-state index in [2.05, 4.69) is 9.71 Å². The van der Waals surface area contributed by atoms with Gasteiger partial charge < -0.3 is 16.6 Å². The second-order valence-electron chi connectivity index (χ2n) is 5.97. The van der Waals surface area contributed by atoms with Crippen LogP contribution in [0.3, 0.4) is 0 Å². The Morgan fingerprint density at radius 1 is 1.18 bits per heavy atom. The number of benzene rings is 2. The van der Waals surface area contributed by atoms with Gasteiger partial charge in [0, 0.05) is 17.3 Å². The molecule has 0 bridgehead atoms. The number of fused-ring (bicyclic) bond motifs is 1. The van der Waals surface area contributed by atoms with Gasteiger partial charge in [0.1, 0.15) is 6.04 Å². The zero-order chi connectivity index (χ0) is 21.3. The molecule has 2 rings (SSSR count). The molecule has 2 aromatic rings. The number of rotatable bonds is 8. The molecule has 0 saturated carbocycles. The topological polar surface area (TPSA) is 195 Å². The predicted molar refractivity (Wildman–Crippen MR) is 104 cm³/mol. The van der Waals surface area contributed by atoms with Gasteiger partial charge in [-0.15, -0.1) is 0 Å². The monoisotopic (exact) mass is 406 g/mol. The van der Waals surface area contributed by atoms with Gasteiger partial charge in [-0.3, -0.25) is 9.79 Å². The summed E-state index contributed by atoms with van der Waals surface area (Å²) in [6, 6.07) is 9.13. The first-order chi connectivity index (χ1) is 13.2. The van der Waals surface area contributed by atoms with E-state index in [9.17, 15) is 18.3 Å². The molecule has 0 aliphatic heterocycles. The number of aliphatic imine (C=N–C) groups is 1. The van der Waals surface area contributed by atoms with Crippen LogP contribution in [0.5, 0.6) is 0 Å². The second-order valence-corrected chi connectivity index (χ2v) is 7.69. The normalized spacial score (nSPS) is 11.8. The molecule has 0 aliphatic rings. The van der Waals surface area contributed by atoms with Crippen LogP contribution in [0.25, 0.3) is 10.8 Å². The number of nitrogens with two attached hydrogens (primary N) is 2. The van der Waals surface area contributed by atoms with E-state index < -0.39 is 22.0 Å². The second kappa shape index (κ2) is 10.2. The summed E-state index contributed by atoms with van der Waals surface area (Å²) in [7, 11) is -3.98. The fraction of sp³-hybridized carbons (Fsp3) is 0.294. The third-order valence-corrected chi connectivity index (χ3v) is 5.29. The summed E-state index contributed by atoms with van der Waals surface area (Å²) in [5.74, 6) is -1.35. The molecule has 0 aliphatic carbocycles. The van der Waals surface area contributed by atoms with E-state index >= 15 is 0 Å². The van der Waals surface area contributed by atoms with Crippen LogP contribution in [0.4, 0.5) is 0 Å². The number of sulfonamides is 1. The average molecular weight is 406 g/mol. The number of guanidine groups is 1. The smallest absolute Gasteiger partial charge is 0.321 e. The van der Waals surface area contributed by atoms with Gasteiger partial charge in [-0.2, -0.15) is 4.72 Å². The fourth-order valence-corrected chi connectivity index (χ4v) is 3.76. The van der Waals surface area contributed by atoms with E-state index in [-0.39, 0.29) is 23.8 Å². The highest BCUT2D eigenvalue weighted by atomic mass is 32.2. The highest BCUT2D eigenvalue weighted by Gasteiger charge is 2.25. The fourth-order valence-electron chi connectivity index (χ4n) is 2.50. The van der Waals surface area contributed by atoms with Crippen molar-refractivity contribution in [1.29, 1.82) is 10.8 Å². The van der Waals surface area contributed by atoms with Gasteiger partial charge in [0.2, 0.25) is 10.0 Å². The van der Waals surface area contributed by atoms with Crippen molar-refractivity contribution >= 4 is 32.7 Å². The Morgan fingerprint density at radius 2 is 1.82 bits per heavy atom. The van der Waals surface area contributed by atoms with Crippen LogP contribution in [-0.2, 0) is 14.8 Å². The minimum atomic E-state index is -3.98. The quantitative estimate of drug-likeness (QED) is 0.215. The number of aliphatic carboxylic acids is 1. The van der Waals surface area contributed by atoms with Gasteiger partial charge in [0.05, 0.1) is 4.90 Å². The molecule has 1 atom stereocenters. The molecule has 6 N–H and O–H groups in total. The number of carboxylic acids is 1. The number of nitrogens with one attached hydrogen (secondary N) is 1. The molecule has 11 heteroatoms. The lowest BCUT2D eigenvalue weighted by Crippen LogP contribution is -2.40. The molecule has 0 aromatic heterocycles. The Balaban J connectivity index is 0.00000190. The molecule has 0 spiro atoms. The van der Waals surface area contributed by atoms with Crippen molar-refractivity contribution in [2.24, 2.45) is 16.5 Å². The van der Waals surface area contributed by atoms with Gasteiger partial charge in [0.15, 0.2) is 5.96 Å². The molecule has 0 fully saturated rings. The Morgan fingerprint density at radius 3 is 2.43 bits per heavy atom. The maximum absolute atomic E-state index is 12.6. The van der Waals surface area contributed by atoms with E-state index in [4.69, 9.17) is 22.3 Å². The molecular formula is C17H22N6O4S. The van der Waals surface area contributed by atoms with Crippen molar-refractivity contribution < 1.29 is 18.3 Å². The van der Waals surface area contributed by atoms with E-state index in [0.717, 1.165) is 16.3 Å². The lowest BCUT2D eigenvalue weighted by Gasteiger charge is -2.15. The molecule has 0 saturated heterocycles. The van der Waals surface area contributed by atoms with Gasteiger partial charge >= 0.3 is 5.97 Å². The summed E-state index contributed by atoms with van der Waals surface area (Å²) in [6.45, 7) is 2.14. The van der Waals surface area contributed by atoms with Crippen LogP contribution in [0.1, 0.15) is 18.4 Å². The van der Waals surface area contributed by atoms with Crippen molar-refractivity contribution in [2.45, 2.75) is 30.7 Å². The number of carbonyl (C=O) groups is 1. The van der Waals surface area contributed by atoms with Crippen LogP contribution in [0, 0.1) is 17.7 Å². The molecule has 0 amide bonds. The van der Waals surface area contributed by atoms with Crippen molar-refractivity contribution in [3.05, 3.63) is 42.0 Å². The SMILES string of the molecule is Cc1ccc2ccc(S(=O)(=O)N[C@@H](CCCN=C(N)N)C(=O)O)cc2c1.N#N. The molecule has 2 aromatic carbocycles. The minimum absolute atomic E-state index is 0.0195. The number of aryl methyl sites for hydroxylation is 1. The van der Waals surface area contributed by atoms with Crippen LogP contribution < -0.4 is 16.2 Å². The molecule has 10 nitrogen and oxygen atoms in total. The molecular weight excluding hydrogens is 384 g/mol. The van der Waals surface area contributed by atoms with Crippen molar-refractivity contribution in [2.75, 3.05) is 6.54 Å². The zero-order valence-corrected chi connectivity index (χ0v) is 16.1. The predicted octanol–water partition coefficient (Wildman–Crippen LogP) is 0.963. The third-order valence-electron chi connectivity index (χ3n) is 3.82. The lowest BCUT2D eigenvalue weighted by atomic mass is 10.1. The van der Waals surface area contributed by atoms with Crippen LogP contribution in [0.15, 0.2) is 46.3 Å². The summed E-state index contributed by atoms with van der Waals surface area (Å²) in [5, 5.41) is 23.0. The van der Waals surface area contributed by atoms with Gasteiger partial charge in [-0.05, 0) is 42.7 Å². The number of hydrogen-bond donors (Lipinski definition) is 4. The Labute approximate surface area is 162 Å². The number of nitrogens with zero attached hydrogens (tertiary/aromatic N) is 3. The standard InChI is InChI=1S/C17H22N4O4S.N2/c1-11-4-5-12-6-7-14(10-13(12)9-11)26(24,25)21-15(16(22)23)3-2-8-20-17(18)19;1-2/h4-7,9-10,15,21H,2-3,8H2,1H3,(H,22,23)(H4,18,19,20);/t15-;/m0./s1. The largest absolute Gasteiger partial charge is 0.480 e. The molecule has 0 radical (unpaired) electrons. The molecule has 0 heterocycles. The van der Waals surface area contributed by atoms with E-state index in [0.29, 0.717) is 6.42 Å². The van der Waals surface area contributed by atoms with Gasteiger partial charge in [0.25, 0.3) is 0 Å². The van der Waals surface area contributed by atoms with Gasteiger partial charge in [-0.1, -0.05) is 29.8 Å². The van der Waals surface area contributed by atoms with Crippen LogP contribution in [-0.4, -0.2) is 38.0 Å². The molecule has 0 unspecified atom stereocenters. The highest BCUT2D eigenvalue weighted by Crippen LogP contribution is 2.21. The highest BCUT2D eigenvalue weighted by molar-refractivity contribution is 7.89. The van der Waals surface area contributed by atoms with E-state index in [1.807, 2.05) is 25.1 Å². The zero-order valence-electron chi connectivity index (χ0n) is 15.2. The molecule has 150 valence electrons. The number of carboxylic acid groups (broad SMARTS) is 1. The number of hydrogen-bond acceptors (Lipinski definition) is 6. The average Bonchev–Trinajstić information content (AvgIpc) is 2.64. The van der Waals surface area contributed by atoms with Gasteiger partial charge in [-0.25, -0.2) is 8.42 Å². The Kier molecular flexibility index (Phi) is 8.30. The van der Waals surface area contributed by atoms with Crippen LogP contribution >= 0.6 is 0 Å². The summed E-state index contributed by atoms with van der Waals surface area (Å²) < 4.78 is 27.4. The first-order valence-corrected chi connectivity index (χ1v) is 9.68.